The number of halogens is 1. The highest BCUT2D eigenvalue weighted by Crippen LogP contribution is 2.22. The fourth-order valence-electron chi connectivity index (χ4n) is 2.28. The van der Waals surface area contributed by atoms with Gasteiger partial charge < -0.3 is 10.0 Å². The van der Waals surface area contributed by atoms with Crippen LogP contribution in [0.3, 0.4) is 0 Å². The highest BCUT2D eigenvalue weighted by atomic mass is 79.9. The number of carbonyl (C=O) groups excluding carboxylic acids is 1. The Morgan fingerprint density at radius 2 is 2.32 bits per heavy atom. The first-order valence-electron chi connectivity index (χ1n) is 6.30. The van der Waals surface area contributed by atoms with Crippen LogP contribution in [0, 0.1) is 5.92 Å². The largest absolute Gasteiger partial charge is 0.481 e. The lowest BCUT2D eigenvalue weighted by Crippen LogP contribution is -2.42. The molecule has 0 bridgehead atoms. The van der Waals surface area contributed by atoms with Crippen molar-refractivity contribution in [2.75, 3.05) is 13.1 Å². The molecular formula is C13H16BrNO3S. The van der Waals surface area contributed by atoms with Gasteiger partial charge in [-0.15, -0.1) is 11.3 Å². The average Bonchev–Trinajstić information content (AvgIpc) is 2.82. The number of carboxylic acid groups (broad SMARTS) is 1. The van der Waals surface area contributed by atoms with E-state index in [1.165, 1.54) is 4.88 Å². The van der Waals surface area contributed by atoms with Gasteiger partial charge >= 0.3 is 5.97 Å². The zero-order chi connectivity index (χ0) is 13.8. The lowest BCUT2D eigenvalue weighted by Gasteiger charge is -2.30. The number of hydrogen-bond acceptors (Lipinski definition) is 3. The number of hydrogen-bond donors (Lipinski definition) is 1. The number of carbonyl (C=O) groups is 2. The Kier molecular flexibility index (Phi) is 4.99. The van der Waals surface area contributed by atoms with Crippen LogP contribution in [0.15, 0.2) is 15.9 Å². The third-order valence-corrected chi connectivity index (χ3v) is 5.09. The molecule has 2 heterocycles. The summed E-state index contributed by atoms with van der Waals surface area (Å²) in [4.78, 5) is 25.9. The van der Waals surface area contributed by atoms with Gasteiger partial charge in [0.15, 0.2) is 0 Å². The van der Waals surface area contributed by atoms with Gasteiger partial charge in [-0.2, -0.15) is 0 Å². The maximum Gasteiger partial charge on any atom is 0.308 e. The number of nitrogens with zero attached hydrogens (tertiary/aromatic N) is 1. The van der Waals surface area contributed by atoms with E-state index in [-0.39, 0.29) is 5.91 Å². The highest BCUT2D eigenvalue weighted by Gasteiger charge is 2.27. The van der Waals surface area contributed by atoms with Crippen LogP contribution in [0.5, 0.6) is 0 Å². The van der Waals surface area contributed by atoms with Crippen molar-refractivity contribution >= 4 is 39.1 Å². The Balaban J connectivity index is 1.84. The number of amides is 1. The van der Waals surface area contributed by atoms with E-state index in [1.807, 2.05) is 11.4 Å². The molecular weight excluding hydrogens is 330 g/mol. The predicted octanol–water partition coefficient (Wildman–Crippen LogP) is 2.77. The molecule has 1 aliphatic heterocycles. The van der Waals surface area contributed by atoms with Gasteiger partial charge in [0.25, 0.3) is 0 Å². The number of rotatable bonds is 4. The molecule has 104 valence electrons. The molecule has 1 aliphatic rings. The summed E-state index contributed by atoms with van der Waals surface area (Å²) in [7, 11) is 0. The molecule has 0 aliphatic carbocycles. The number of aliphatic carboxylic acids is 1. The van der Waals surface area contributed by atoms with Gasteiger partial charge in [0.05, 0.1) is 5.92 Å². The molecule has 0 radical (unpaired) electrons. The first-order valence-corrected chi connectivity index (χ1v) is 7.97. The van der Waals surface area contributed by atoms with Crippen molar-refractivity contribution < 1.29 is 14.7 Å². The first kappa shape index (κ1) is 14.5. The minimum absolute atomic E-state index is 0.0653. The van der Waals surface area contributed by atoms with Crippen molar-refractivity contribution in [3.8, 4) is 0 Å². The molecule has 6 heteroatoms. The van der Waals surface area contributed by atoms with Gasteiger partial charge in [0.2, 0.25) is 5.91 Å². The molecule has 1 fully saturated rings. The molecule has 1 N–H and O–H groups in total. The van der Waals surface area contributed by atoms with Crippen molar-refractivity contribution in [1.82, 2.24) is 4.90 Å². The van der Waals surface area contributed by atoms with Crippen LogP contribution in [0.25, 0.3) is 0 Å². The number of likely N-dealkylation sites (tertiary alicyclic amines) is 1. The van der Waals surface area contributed by atoms with Crippen molar-refractivity contribution in [1.29, 1.82) is 0 Å². The quantitative estimate of drug-likeness (QED) is 0.912. The topological polar surface area (TPSA) is 57.6 Å². The zero-order valence-electron chi connectivity index (χ0n) is 10.5. The maximum atomic E-state index is 12.1. The number of thiophene rings is 1. The lowest BCUT2D eigenvalue weighted by atomic mass is 9.98. The van der Waals surface area contributed by atoms with Gasteiger partial charge in [-0.05, 0) is 41.3 Å². The summed E-state index contributed by atoms with van der Waals surface area (Å²) in [6, 6.07) is 2.02. The Hall–Kier alpha value is -0.880. The van der Waals surface area contributed by atoms with Crippen LogP contribution in [0.2, 0.25) is 0 Å². The van der Waals surface area contributed by atoms with Crippen LogP contribution in [-0.4, -0.2) is 35.0 Å². The monoisotopic (exact) mass is 345 g/mol. The van der Waals surface area contributed by atoms with Gasteiger partial charge in [0, 0.05) is 34.2 Å². The SMILES string of the molecule is O=C(O)[C@@H]1CCCN(C(=O)CCc2cc(Br)cs2)C1. The average molecular weight is 346 g/mol. The molecule has 1 amide bonds. The van der Waals surface area contributed by atoms with E-state index in [0.717, 1.165) is 17.3 Å². The molecule has 2 rings (SSSR count). The number of piperidine rings is 1. The summed E-state index contributed by atoms with van der Waals surface area (Å²) in [6.07, 6.45) is 2.65. The van der Waals surface area contributed by atoms with Crippen LogP contribution in [0.1, 0.15) is 24.1 Å². The molecule has 1 aromatic rings. The van der Waals surface area contributed by atoms with Gasteiger partial charge in [-0.1, -0.05) is 0 Å². The van der Waals surface area contributed by atoms with E-state index in [9.17, 15) is 9.59 Å². The van der Waals surface area contributed by atoms with E-state index in [1.54, 1.807) is 16.2 Å². The lowest BCUT2D eigenvalue weighted by molar-refractivity contribution is -0.145. The van der Waals surface area contributed by atoms with Gasteiger partial charge in [-0.25, -0.2) is 0 Å². The van der Waals surface area contributed by atoms with Crippen molar-refractivity contribution in [3.05, 3.63) is 20.8 Å². The second-order valence-electron chi connectivity index (χ2n) is 4.75. The molecule has 0 saturated carbocycles. The summed E-state index contributed by atoms with van der Waals surface area (Å²) < 4.78 is 1.05. The van der Waals surface area contributed by atoms with Crippen LogP contribution in [-0.2, 0) is 16.0 Å². The fourth-order valence-corrected chi connectivity index (χ4v) is 3.73. The first-order chi connectivity index (χ1) is 9.06. The second kappa shape index (κ2) is 6.52. The maximum absolute atomic E-state index is 12.1. The molecule has 0 spiro atoms. The highest BCUT2D eigenvalue weighted by molar-refractivity contribution is 9.10. The minimum Gasteiger partial charge on any atom is -0.481 e. The molecule has 0 unspecified atom stereocenters. The standard InChI is InChI=1S/C13H16BrNO3S/c14-10-6-11(19-8-10)3-4-12(16)15-5-1-2-9(7-15)13(17)18/h6,8-9H,1-5,7H2,(H,17,18)/t9-/m1/s1. The van der Waals surface area contributed by atoms with E-state index >= 15 is 0 Å². The molecule has 1 atom stereocenters. The van der Waals surface area contributed by atoms with E-state index in [2.05, 4.69) is 15.9 Å². The van der Waals surface area contributed by atoms with E-state index in [0.29, 0.717) is 25.9 Å². The van der Waals surface area contributed by atoms with Crippen LogP contribution in [0.4, 0.5) is 0 Å². The molecule has 1 aromatic heterocycles. The summed E-state index contributed by atoms with van der Waals surface area (Å²) in [5.41, 5.74) is 0. The third-order valence-electron chi connectivity index (χ3n) is 3.33. The van der Waals surface area contributed by atoms with Crippen molar-refractivity contribution in [2.24, 2.45) is 5.92 Å². The van der Waals surface area contributed by atoms with Gasteiger partial charge in [0.1, 0.15) is 0 Å². The van der Waals surface area contributed by atoms with E-state index in [4.69, 9.17) is 5.11 Å². The zero-order valence-corrected chi connectivity index (χ0v) is 12.9. The summed E-state index contributed by atoms with van der Waals surface area (Å²) in [5.74, 6) is -1.12. The van der Waals surface area contributed by atoms with Crippen molar-refractivity contribution in [3.63, 3.8) is 0 Å². The minimum atomic E-state index is -0.792. The molecule has 0 aromatic carbocycles. The normalized spacial score (nSPS) is 19.4. The van der Waals surface area contributed by atoms with Crippen LogP contribution < -0.4 is 0 Å². The molecule has 1 saturated heterocycles. The number of carboxylic acids is 1. The van der Waals surface area contributed by atoms with E-state index < -0.39 is 11.9 Å². The van der Waals surface area contributed by atoms with Crippen molar-refractivity contribution in [2.45, 2.75) is 25.7 Å². The summed E-state index contributed by atoms with van der Waals surface area (Å²) in [5, 5.41) is 11.0. The Morgan fingerprint density at radius 3 is 2.95 bits per heavy atom. The third kappa shape index (κ3) is 4.04. The summed E-state index contributed by atoms with van der Waals surface area (Å²) >= 11 is 5.02. The predicted molar refractivity (Wildman–Crippen MR) is 77.3 cm³/mol. The molecule has 19 heavy (non-hydrogen) atoms. The fraction of sp³-hybridized carbons (Fsp3) is 0.538. The Morgan fingerprint density at radius 1 is 1.53 bits per heavy atom. The molecule has 4 nitrogen and oxygen atoms in total. The second-order valence-corrected chi connectivity index (χ2v) is 6.66. The van der Waals surface area contributed by atoms with Crippen LogP contribution >= 0.6 is 27.3 Å². The Bertz CT molecular complexity index is 474. The smallest absolute Gasteiger partial charge is 0.308 e. The van der Waals surface area contributed by atoms with Gasteiger partial charge in [-0.3, -0.25) is 9.59 Å². The Labute approximate surface area is 124 Å². The summed E-state index contributed by atoms with van der Waals surface area (Å²) in [6.45, 7) is 1.05. The number of aryl methyl sites for hydroxylation is 1.